The lowest BCUT2D eigenvalue weighted by Crippen LogP contribution is -2.40. The van der Waals surface area contributed by atoms with E-state index in [1.807, 2.05) is 83.5 Å². The fraction of sp³-hybridized carbons (Fsp3) is 0.300. The number of likely N-dealkylation sites (tertiary alicyclic amines) is 1. The number of Topliss-reactive ketones (excluding diaryl/α,β-unsaturated/α-hetero) is 1. The van der Waals surface area contributed by atoms with Gasteiger partial charge in [0, 0.05) is 41.7 Å². The van der Waals surface area contributed by atoms with Gasteiger partial charge in [-0.25, -0.2) is 0 Å². The summed E-state index contributed by atoms with van der Waals surface area (Å²) in [6.45, 7) is 3.83. The van der Waals surface area contributed by atoms with Gasteiger partial charge in [0.05, 0.1) is 11.3 Å². The molecule has 3 aromatic carbocycles. The molecule has 0 saturated carbocycles. The van der Waals surface area contributed by atoms with Crippen LogP contribution in [0.4, 0.5) is 5.69 Å². The maximum Gasteiger partial charge on any atom is 0.254 e. The number of piperidine rings is 1. The summed E-state index contributed by atoms with van der Waals surface area (Å²) >= 11 is 1.42. The van der Waals surface area contributed by atoms with Crippen molar-refractivity contribution in [1.29, 1.82) is 0 Å². The number of hydrogen-bond acceptors (Lipinski definition) is 4. The molecule has 1 saturated heterocycles. The Kier molecular flexibility index (Phi) is 7.23. The Balaban J connectivity index is 1.20. The number of ketones is 1. The summed E-state index contributed by atoms with van der Waals surface area (Å²) in [5.41, 5.74) is 4.71. The molecule has 3 aromatic rings. The molecule has 5 rings (SSSR count). The number of rotatable bonds is 6. The number of carbonyl (C=O) groups excluding carboxylic acids is 3. The van der Waals surface area contributed by atoms with Crippen LogP contribution < -0.4 is 4.90 Å². The molecule has 6 heteroatoms. The SMILES string of the molecule is Cc1ccc(C(=O)C2CCN(C(=O)c3ccccc3SCC(=O)N3CCc4ccccc43)CC2)cc1. The largest absolute Gasteiger partial charge is 0.339 e. The second-order valence-corrected chi connectivity index (χ2v) is 10.5. The lowest BCUT2D eigenvalue weighted by Gasteiger charge is -2.32. The standard InChI is InChI=1S/C30H30N2O3S/c1-21-10-12-23(13-11-21)29(34)24-14-17-31(18-15-24)30(35)25-7-3-5-9-27(25)36-20-28(33)32-19-16-22-6-2-4-8-26(22)32/h2-13,24H,14-20H2,1H3. The minimum atomic E-state index is -0.0534. The highest BCUT2D eigenvalue weighted by atomic mass is 32.2. The van der Waals surface area contributed by atoms with E-state index in [9.17, 15) is 14.4 Å². The van der Waals surface area contributed by atoms with Crippen molar-refractivity contribution < 1.29 is 14.4 Å². The van der Waals surface area contributed by atoms with Gasteiger partial charge in [0.1, 0.15) is 0 Å². The van der Waals surface area contributed by atoms with E-state index in [1.54, 1.807) is 0 Å². The number of fused-ring (bicyclic) bond motifs is 1. The Morgan fingerprint density at radius 1 is 0.861 bits per heavy atom. The van der Waals surface area contributed by atoms with Gasteiger partial charge in [-0.05, 0) is 49.9 Å². The Morgan fingerprint density at radius 3 is 2.33 bits per heavy atom. The molecule has 2 heterocycles. The van der Waals surface area contributed by atoms with E-state index >= 15 is 0 Å². The lowest BCUT2D eigenvalue weighted by atomic mass is 9.88. The molecule has 36 heavy (non-hydrogen) atoms. The highest BCUT2D eigenvalue weighted by Crippen LogP contribution is 2.31. The summed E-state index contributed by atoms with van der Waals surface area (Å²) in [7, 11) is 0. The van der Waals surface area contributed by atoms with Gasteiger partial charge in [0.15, 0.2) is 5.78 Å². The quantitative estimate of drug-likeness (QED) is 0.337. The second kappa shape index (κ2) is 10.7. The number of nitrogens with zero attached hydrogens (tertiary/aromatic N) is 2. The van der Waals surface area contributed by atoms with E-state index in [0.29, 0.717) is 38.0 Å². The molecular formula is C30H30N2O3S. The van der Waals surface area contributed by atoms with Crippen LogP contribution in [-0.2, 0) is 11.2 Å². The summed E-state index contributed by atoms with van der Waals surface area (Å²) in [5, 5.41) is 0. The summed E-state index contributed by atoms with van der Waals surface area (Å²) < 4.78 is 0. The minimum absolute atomic E-state index is 0.0294. The van der Waals surface area contributed by atoms with Crippen molar-refractivity contribution >= 4 is 35.0 Å². The van der Waals surface area contributed by atoms with Crippen molar-refractivity contribution in [3.8, 4) is 0 Å². The van der Waals surface area contributed by atoms with Crippen molar-refractivity contribution in [2.75, 3.05) is 30.3 Å². The van der Waals surface area contributed by atoms with E-state index < -0.39 is 0 Å². The molecule has 0 radical (unpaired) electrons. The second-order valence-electron chi connectivity index (χ2n) is 9.51. The third-order valence-electron chi connectivity index (χ3n) is 7.15. The van der Waals surface area contributed by atoms with E-state index in [1.165, 1.54) is 17.3 Å². The van der Waals surface area contributed by atoms with Crippen molar-refractivity contribution in [2.24, 2.45) is 5.92 Å². The molecule has 0 atom stereocenters. The number of carbonyl (C=O) groups is 3. The van der Waals surface area contributed by atoms with Crippen LogP contribution in [-0.4, -0.2) is 47.9 Å². The predicted octanol–water partition coefficient (Wildman–Crippen LogP) is 5.41. The zero-order valence-electron chi connectivity index (χ0n) is 20.5. The normalized spacial score (nSPS) is 15.6. The average molecular weight is 499 g/mol. The summed E-state index contributed by atoms with van der Waals surface area (Å²) in [4.78, 5) is 43.8. The Labute approximate surface area is 216 Å². The van der Waals surface area contributed by atoms with Crippen LogP contribution in [0.3, 0.4) is 0 Å². The van der Waals surface area contributed by atoms with Crippen molar-refractivity contribution in [3.05, 3.63) is 95.1 Å². The number of para-hydroxylation sites is 1. The van der Waals surface area contributed by atoms with Crippen LogP contribution in [0.15, 0.2) is 77.7 Å². The lowest BCUT2D eigenvalue weighted by molar-refractivity contribution is -0.116. The molecule has 0 aliphatic carbocycles. The molecule has 1 fully saturated rings. The molecule has 0 unspecified atom stereocenters. The van der Waals surface area contributed by atoms with Gasteiger partial charge in [-0.2, -0.15) is 0 Å². The smallest absolute Gasteiger partial charge is 0.254 e. The van der Waals surface area contributed by atoms with E-state index in [2.05, 4.69) is 6.07 Å². The molecule has 5 nitrogen and oxygen atoms in total. The fourth-order valence-electron chi connectivity index (χ4n) is 5.05. The Bertz CT molecular complexity index is 1280. The molecule has 2 aliphatic rings. The zero-order valence-corrected chi connectivity index (χ0v) is 21.3. The van der Waals surface area contributed by atoms with Crippen LogP contribution in [0.25, 0.3) is 0 Å². The van der Waals surface area contributed by atoms with Crippen LogP contribution in [0, 0.1) is 12.8 Å². The fourth-order valence-corrected chi connectivity index (χ4v) is 5.97. The number of thioether (sulfide) groups is 1. The van der Waals surface area contributed by atoms with Crippen molar-refractivity contribution in [3.63, 3.8) is 0 Å². The van der Waals surface area contributed by atoms with E-state index in [0.717, 1.165) is 28.1 Å². The number of hydrogen-bond donors (Lipinski definition) is 0. The molecule has 2 aliphatic heterocycles. The maximum atomic E-state index is 13.4. The number of anilines is 1. The highest BCUT2D eigenvalue weighted by molar-refractivity contribution is 8.00. The molecule has 0 aromatic heterocycles. The molecule has 0 bridgehead atoms. The van der Waals surface area contributed by atoms with E-state index in [4.69, 9.17) is 0 Å². The van der Waals surface area contributed by atoms with Crippen LogP contribution in [0.5, 0.6) is 0 Å². The van der Waals surface area contributed by atoms with Gasteiger partial charge in [0.25, 0.3) is 5.91 Å². The minimum Gasteiger partial charge on any atom is -0.339 e. The Morgan fingerprint density at radius 2 is 1.56 bits per heavy atom. The summed E-state index contributed by atoms with van der Waals surface area (Å²) in [6.07, 6.45) is 2.21. The van der Waals surface area contributed by atoms with Crippen molar-refractivity contribution in [1.82, 2.24) is 4.90 Å². The number of amides is 2. The van der Waals surface area contributed by atoms with Gasteiger partial charge in [0.2, 0.25) is 5.91 Å². The van der Waals surface area contributed by atoms with Gasteiger partial charge in [-0.1, -0.05) is 60.2 Å². The molecular weight excluding hydrogens is 468 g/mol. The monoisotopic (exact) mass is 498 g/mol. The average Bonchev–Trinajstić information content (AvgIpc) is 3.36. The van der Waals surface area contributed by atoms with Crippen LogP contribution in [0.2, 0.25) is 0 Å². The van der Waals surface area contributed by atoms with Crippen LogP contribution >= 0.6 is 11.8 Å². The molecule has 2 amide bonds. The zero-order chi connectivity index (χ0) is 25.1. The first-order valence-electron chi connectivity index (χ1n) is 12.5. The summed E-state index contributed by atoms with van der Waals surface area (Å²) in [6, 6.07) is 23.3. The first-order chi connectivity index (χ1) is 17.5. The van der Waals surface area contributed by atoms with E-state index in [-0.39, 0.29) is 29.3 Å². The number of benzene rings is 3. The topological polar surface area (TPSA) is 57.7 Å². The summed E-state index contributed by atoms with van der Waals surface area (Å²) in [5.74, 6) is 0.425. The number of aryl methyl sites for hydroxylation is 1. The molecule has 0 spiro atoms. The highest BCUT2D eigenvalue weighted by Gasteiger charge is 2.30. The predicted molar refractivity (Wildman–Crippen MR) is 144 cm³/mol. The first kappa shape index (κ1) is 24.3. The third kappa shape index (κ3) is 5.09. The first-order valence-corrected chi connectivity index (χ1v) is 13.5. The van der Waals surface area contributed by atoms with Gasteiger partial charge < -0.3 is 9.80 Å². The Hall–Kier alpha value is -3.38. The third-order valence-corrected chi connectivity index (χ3v) is 8.20. The van der Waals surface area contributed by atoms with Gasteiger partial charge >= 0.3 is 0 Å². The maximum absolute atomic E-state index is 13.4. The van der Waals surface area contributed by atoms with Gasteiger partial charge in [-0.15, -0.1) is 11.8 Å². The molecule has 0 N–H and O–H groups in total. The van der Waals surface area contributed by atoms with Crippen LogP contribution in [0.1, 0.15) is 44.7 Å². The van der Waals surface area contributed by atoms with Gasteiger partial charge in [-0.3, -0.25) is 14.4 Å². The molecule has 184 valence electrons. The van der Waals surface area contributed by atoms with Crippen molar-refractivity contribution in [2.45, 2.75) is 31.1 Å².